The van der Waals surface area contributed by atoms with Crippen molar-refractivity contribution in [3.63, 3.8) is 0 Å². The zero-order valence-corrected chi connectivity index (χ0v) is 11.6. The zero-order chi connectivity index (χ0) is 13.9. The predicted octanol–water partition coefficient (Wildman–Crippen LogP) is 2.03. The number of para-hydroxylation sites is 1. The van der Waals surface area contributed by atoms with Crippen molar-refractivity contribution in [2.24, 2.45) is 0 Å². The minimum absolute atomic E-state index is 0.0126. The molecule has 2 N–H and O–H groups in total. The molecule has 1 aliphatic heterocycles. The quantitative estimate of drug-likeness (QED) is 0.877. The number of piperidine rings is 1. The third-order valence-corrected chi connectivity index (χ3v) is 3.76. The van der Waals surface area contributed by atoms with Gasteiger partial charge in [-0.1, -0.05) is 18.2 Å². The molecule has 1 aromatic carbocycles. The SMILES string of the molecule is Cc1cc(C(=O)NC2CCNCC2)c2ccccc2n1. The van der Waals surface area contributed by atoms with Crippen molar-refractivity contribution >= 4 is 16.8 Å². The number of fused-ring (bicyclic) bond motifs is 1. The van der Waals surface area contributed by atoms with E-state index in [4.69, 9.17) is 0 Å². The van der Waals surface area contributed by atoms with Crippen LogP contribution in [-0.4, -0.2) is 30.0 Å². The summed E-state index contributed by atoms with van der Waals surface area (Å²) in [5, 5.41) is 7.37. The molecule has 1 fully saturated rings. The molecule has 0 radical (unpaired) electrons. The number of carbonyl (C=O) groups excluding carboxylic acids is 1. The molecular formula is C16H19N3O. The topological polar surface area (TPSA) is 54.0 Å². The van der Waals surface area contributed by atoms with Crippen LogP contribution < -0.4 is 10.6 Å². The van der Waals surface area contributed by atoms with Gasteiger partial charge in [0.05, 0.1) is 11.1 Å². The lowest BCUT2D eigenvalue weighted by atomic mass is 10.0. The standard InChI is InChI=1S/C16H19N3O/c1-11-10-14(13-4-2-3-5-15(13)18-11)16(20)19-12-6-8-17-9-7-12/h2-5,10,12,17H,6-9H2,1H3,(H,19,20). The first-order valence-electron chi connectivity index (χ1n) is 7.12. The van der Waals surface area contributed by atoms with E-state index >= 15 is 0 Å². The first-order chi connectivity index (χ1) is 9.74. The Kier molecular flexibility index (Phi) is 3.65. The van der Waals surface area contributed by atoms with Crippen LogP contribution in [0.1, 0.15) is 28.9 Å². The fourth-order valence-corrected chi connectivity index (χ4v) is 2.73. The summed E-state index contributed by atoms with van der Waals surface area (Å²) in [6.45, 7) is 3.87. The van der Waals surface area contributed by atoms with E-state index in [0.717, 1.165) is 48.1 Å². The average molecular weight is 269 g/mol. The summed E-state index contributed by atoms with van der Waals surface area (Å²) in [4.78, 5) is 17.0. The van der Waals surface area contributed by atoms with Gasteiger partial charge in [0.25, 0.3) is 5.91 Å². The Labute approximate surface area is 118 Å². The molecule has 0 bridgehead atoms. The van der Waals surface area contributed by atoms with Crippen molar-refractivity contribution in [3.8, 4) is 0 Å². The summed E-state index contributed by atoms with van der Waals surface area (Å²) >= 11 is 0. The van der Waals surface area contributed by atoms with Gasteiger partial charge in [-0.3, -0.25) is 9.78 Å². The van der Waals surface area contributed by atoms with Crippen LogP contribution in [0, 0.1) is 6.92 Å². The van der Waals surface area contributed by atoms with Crippen LogP contribution in [0.5, 0.6) is 0 Å². The van der Waals surface area contributed by atoms with E-state index in [0.29, 0.717) is 0 Å². The molecule has 1 aromatic heterocycles. The Bertz CT molecular complexity index is 633. The second kappa shape index (κ2) is 5.59. The number of amides is 1. The van der Waals surface area contributed by atoms with E-state index in [1.807, 2.05) is 37.3 Å². The molecule has 1 amide bonds. The number of rotatable bonds is 2. The number of aryl methyl sites for hydroxylation is 1. The summed E-state index contributed by atoms with van der Waals surface area (Å²) < 4.78 is 0. The van der Waals surface area contributed by atoms with Crippen LogP contribution in [0.3, 0.4) is 0 Å². The molecule has 4 heteroatoms. The number of benzene rings is 1. The van der Waals surface area contributed by atoms with E-state index in [9.17, 15) is 4.79 Å². The number of hydrogen-bond donors (Lipinski definition) is 2. The summed E-state index contributed by atoms with van der Waals surface area (Å²) in [7, 11) is 0. The van der Waals surface area contributed by atoms with Crippen molar-refractivity contribution < 1.29 is 4.79 Å². The van der Waals surface area contributed by atoms with Gasteiger partial charge in [-0.25, -0.2) is 0 Å². The number of nitrogens with one attached hydrogen (secondary N) is 2. The molecule has 0 unspecified atom stereocenters. The van der Waals surface area contributed by atoms with Gasteiger partial charge in [0, 0.05) is 17.1 Å². The molecule has 1 saturated heterocycles. The van der Waals surface area contributed by atoms with Gasteiger partial charge in [0.2, 0.25) is 0 Å². The highest BCUT2D eigenvalue weighted by atomic mass is 16.1. The van der Waals surface area contributed by atoms with Crippen LogP contribution in [0.15, 0.2) is 30.3 Å². The third kappa shape index (κ3) is 2.65. The van der Waals surface area contributed by atoms with Gasteiger partial charge >= 0.3 is 0 Å². The summed E-state index contributed by atoms with van der Waals surface area (Å²) in [6, 6.07) is 9.95. The van der Waals surface area contributed by atoms with E-state index in [-0.39, 0.29) is 11.9 Å². The molecule has 0 spiro atoms. The fraction of sp³-hybridized carbons (Fsp3) is 0.375. The molecule has 2 heterocycles. The van der Waals surface area contributed by atoms with Gasteiger partial charge < -0.3 is 10.6 Å². The summed E-state index contributed by atoms with van der Waals surface area (Å²) in [5.41, 5.74) is 2.48. The molecule has 0 aliphatic carbocycles. The molecule has 3 rings (SSSR count). The van der Waals surface area contributed by atoms with Crippen LogP contribution in [-0.2, 0) is 0 Å². The van der Waals surface area contributed by atoms with Crippen molar-refractivity contribution in [1.29, 1.82) is 0 Å². The smallest absolute Gasteiger partial charge is 0.252 e. The lowest BCUT2D eigenvalue weighted by Gasteiger charge is -2.24. The first kappa shape index (κ1) is 13.1. The van der Waals surface area contributed by atoms with Crippen molar-refractivity contribution in [2.75, 3.05) is 13.1 Å². The molecule has 1 aliphatic rings. The van der Waals surface area contributed by atoms with Crippen molar-refractivity contribution in [1.82, 2.24) is 15.6 Å². The second-order valence-corrected chi connectivity index (χ2v) is 5.33. The summed E-state index contributed by atoms with van der Waals surface area (Å²) in [5.74, 6) is 0.0126. The Morgan fingerprint density at radius 1 is 1.30 bits per heavy atom. The normalized spacial score (nSPS) is 16.2. The monoisotopic (exact) mass is 269 g/mol. The molecule has 104 valence electrons. The highest BCUT2D eigenvalue weighted by molar-refractivity contribution is 6.06. The lowest BCUT2D eigenvalue weighted by Crippen LogP contribution is -2.42. The molecule has 4 nitrogen and oxygen atoms in total. The molecule has 0 saturated carbocycles. The number of hydrogen-bond acceptors (Lipinski definition) is 3. The average Bonchev–Trinajstić information content (AvgIpc) is 2.47. The van der Waals surface area contributed by atoms with Crippen LogP contribution in [0.4, 0.5) is 0 Å². The van der Waals surface area contributed by atoms with Crippen LogP contribution in [0.25, 0.3) is 10.9 Å². The fourth-order valence-electron chi connectivity index (χ4n) is 2.73. The maximum absolute atomic E-state index is 12.5. The molecular weight excluding hydrogens is 250 g/mol. The highest BCUT2D eigenvalue weighted by Crippen LogP contribution is 2.18. The number of nitrogens with zero attached hydrogens (tertiary/aromatic N) is 1. The Balaban J connectivity index is 1.90. The largest absolute Gasteiger partial charge is 0.349 e. The molecule has 0 atom stereocenters. The lowest BCUT2D eigenvalue weighted by molar-refractivity contribution is 0.0931. The molecule has 2 aromatic rings. The molecule has 20 heavy (non-hydrogen) atoms. The second-order valence-electron chi connectivity index (χ2n) is 5.33. The van der Waals surface area contributed by atoms with E-state index in [1.165, 1.54) is 0 Å². The Morgan fingerprint density at radius 3 is 2.85 bits per heavy atom. The Hall–Kier alpha value is -1.94. The van der Waals surface area contributed by atoms with Gasteiger partial charge in [-0.15, -0.1) is 0 Å². The van der Waals surface area contributed by atoms with Crippen LogP contribution in [0.2, 0.25) is 0 Å². The van der Waals surface area contributed by atoms with Gasteiger partial charge in [0.1, 0.15) is 0 Å². The zero-order valence-electron chi connectivity index (χ0n) is 11.6. The number of aromatic nitrogens is 1. The van der Waals surface area contributed by atoms with E-state index < -0.39 is 0 Å². The highest BCUT2D eigenvalue weighted by Gasteiger charge is 2.18. The van der Waals surface area contributed by atoms with Crippen LogP contribution >= 0.6 is 0 Å². The van der Waals surface area contributed by atoms with Gasteiger partial charge in [-0.2, -0.15) is 0 Å². The van der Waals surface area contributed by atoms with E-state index in [2.05, 4.69) is 15.6 Å². The van der Waals surface area contributed by atoms with E-state index in [1.54, 1.807) is 0 Å². The van der Waals surface area contributed by atoms with Gasteiger partial charge in [0.15, 0.2) is 0 Å². The minimum atomic E-state index is 0.0126. The minimum Gasteiger partial charge on any atom is -0.349 e. The summed E-state index contributed by atoms with van der Waals surface area (Å²) in [6.07, 6.45) is 1.99. The maximum Gasteiger partial charge on any atom is 0.252 e. The Morgan fingerprint density at radius 2 is 2.05 bits per heavy atom. The van der Waals surface area contributed by atoms with Crippen molar-refractivity contribution in [3.05, 3.63) is 41.6 Å². The number of pyridine rings is 1. The maximum atomic E-state index is 12.5. The van der Waals surface area contributed by atoms with Crippen molar-refractivity contribution in [2.45, 2.75) is 25.8 Å². The van der Waals surface area contributed by atoms with Gasteiger partial charge in [-0.05, 0) is 45.0 Å². The first-order valence-corrected chi connectivity index (χ1v) is 7.12. The predicted molar refractivity (Wildman–Crippen MR) is 79.8 cm³/mol. The number of carbonyl (C=O) groups is 1. The third-order valence-electron chi connectivity index (χ3n) is 3.76.